The van der Waals surface area contributed by atoms with Crippen molar-refractivity contribution in [1.82, 2.24) is 19.8 Å². The molecule has 3 heterocycles. The third-order valence-corrected chi connectivity index (χ3v) is 10.0. The standard InChI is InChI=1S/C35H42ClN7O2/c1-5-32(44)43-18-17-42(21-27(43)19-37-3)34-28-15-16-41(31-14-8-12-26-11-7-13-29(36)33(26)31)22-30(28)38-35(39-34)45-23-24(2)40(4)20-25-9-6-10-25/h5,7-8,11-14,24-25,27H,1,6,9-10,15-23H2,2,4H3/t24-,27+/m1/s1. The highest BCUT2D eigenvalue weighted by Gasteiger charge is 2.35. The van der Waals surface area contributed by atoms with Gasteiger partial charge in [0.1, 0.15) is 18.5 Å². The first-order valence-corrected chi connectivity index (χ1v) is 16.4. The summed E-state index contributed by atoms with van der Waals surface area (Å²) in [6.07, 6.45) is 6.05. The average molecular weight is 628 g/mol. The number of amides is 1. The number of ether oxygens (including phenoxy) is 1. The molecule has 45 heavy (non-hydrogen) atoms. The molecule has 0 N–H and O–H groups in total. The molecule has 0 spiro atoms. The largest absolute Gasteiger partial charge is 0.462 e. The van der Waals surface area contributed by atoms with Gasteiger partial charge < -0.3 is 29.2 Å². The van der Waals surface area contributed by atoms with Crippen molar-refractivity contribution in [3.63, 3.8) is 0 Å². The smallest absolute Gasteiger partial charge is 0.318 e. The average Bonchev–Trinajstić information content (AvgIpc) is 3.04. The van der Waals surface area contributed by atoms with Crippen LogP contribution in [0.15, 0.2) is 49.1 Å². The normalized spacial score (nSPS) is 19.2. The lowest BCUT2D eigenvalue weighted by Gasteiger charge is -2.41. The Bertz CT molecular complexity index is 1600. The number of hydrogen-bond acceptors (Lipinski definition) is 7. The molecule has 1 saturated carbocycles. The van der Waals surface area contributed by atoms with E-state index in [1.165, 1.54) is 25.3 Å². The van der Waals surface area contributed by atoms with Gasteiger partial charge in [0.05, 0.1) is 17.3 Å². The van der Waals surface area contributed by atoms with E-state index >= 15 is 0 Å². The maximum atomic E-state index is 12.6. The van der Waals surface area contributed by atoms with Gasteiger partial charge in [0.25, 0.3) is 0 Å². The van der Waals surface area contributed by atoms with Gasteiger partial charge in [-0.2, -0.15) is 9.97 Å². The Hall–Kier alpha value is -3.87. The van der Waals surface area contributed by atoms with E-state index in [-0.39, 0.29) is 24.5 Å². The Morgan fingerprint density at radius 1 is 1.20 bits per heavy atom. The number of carbonyl (C=O) groups is 1. The molecule has 0 radical (unpaired) electrons. The van der Waals surface area contributed by atoms with E-state index in [0.717, 1.165) is 64.0 Å². The van der Waals surface area contributed by atoms with Crippen molar-refractivity contribution in [1.29, 1.82) is 0 Å². The van der Waals surface area contributed by atoms with Gasteiger partial charge in [-0.1, -0.05) is 48.9 Å². The lowest BCUT2D eigenvalue weighted by atomic mass is 9.85. The predicted molar refractivity (Wildman–Crippen MR) is 180 cm³/mol. The summed E-state index contributed by atoms with van der Waals surface area (Å²) >= 11 is 6.72. The van der Waals surface area contributed by atoms with Gasteiger partial charge in [0.15, 0.2) is 0 Å². The van der Waals surface area contributed by atoms with Gasteiger partial charge >= 0.3 is 6.01 Å². The van der Waals surface area contributed by atoms with Crippen LogP contribution in [0.3, 0.4) is 0 Å². The molecular formula is C35H42ClN7O2. The van der Waals surface area contributed by atoms with Gasteiger partial charge in [-0.3, -0.25) is 4.79 Å². The van der Waals surface area contributed by atoms with Crippen molar-refractivity contribution in [3.05, 3.63) is 76.8 Å². The third-order valence-electron chi connectivity index (χ3n) is 9.71. The Balaban J connectivity index is 1.30. The highest BCUT2D eigenvalue weighted by molar-refractivity contribution is 6.36. The van der Waals surface area contributed by atoms with Crippen LogP contribution < -0.4 is 14.5 Å². The molecule has 3 aromatic rings. The van der Waals surface area contributed by atoms with Gasteiger partial charge in [-0.05, 0) is 62.7 Å². The predicted octanol–water partition coefficient (Wildman–Crippen LogP) is 5.47. The Labute approximate surface area is 271 Å². The number of carbonyl (C=O) groups excluding carboxylic acids is 1. The van der Waals surface area contributed by atoms with Crippen LogP contribution in [-0.4, -0.2) is 90.7 Å². The highest BCUT2D eigenvalue weighted by atomic mass is 35.5. The second kappa shape index (κ2) is 13.6. The number of anilines is 2. The van der Waals surface area contributed by atoms with E-state index in [4.69, 9.17) is 32.9 Å². The van der Waals surface area contributed by atoms with Crippen LogP contribution in [0.25, 0.3) is 15.6 Å². The SMILES string of the molecule is [C-]#[N+]C[C@H]1CN(c2nc(OC[C@@H](C)N(C)CC3CCC3)nc3c2CCN(c2cccc4cccc(Cl)c24)C3)CCN1C(=O)C=C. The highest BCUT2D eigenvalue weighted by Crippen LogP contribution is 2.37. The first-order chi connectivity index (χ1) is 21.9. The molecule has 1 aromatic heterocycles. The molecule has 0 bridgehead atoms. The number of fused-ring (bicyclic) bond motifs is 2. The Morgan fingerprint density at radius 3 is 2.73 bits per heavy atom. The Morgan fingerprint density at radius 2 is 2.00 bits per heavy atom. The van der Waals surface area contributed by atoms with Crippen LogP contribution in [0, 0.1) is 12.5 Å². The topological polar surface area (TPSA) is 69.4 Å². The van der Waals surface area contributed by atoms with Crippen LogP contribution in [0.5, 0.6) is 6.01 Å². The van der Waals surface area contributed by atoms with E-state index in [0.29, 0.717) is 38.8 Å². The van der Waals surface area contributed by atoms with Gasteiger partial charge in [-0.25, -0.2) is 6.57 Å². The summed E-state index contributed by atoms with van der Waals surface area (Å²) in [7, 11) is 2.17. The lowest BCUT2D eigenvalue weighted by molar-refractivity contribution is -0.128. The number of benzene rings is 2. The van der Waals surface area contributed by atoms with Crippen LogP contribution in [0.4, 0.5) is 11.5 Å². The molecule has 1 amide bonds. The van der Waals surface area contributed by atoms with E-state index in [1.54, 1.807) is 4.90 Å². The van der Waals surface area contributed by atoms with E-state index in [9.17, 15) is 4.79 Å². The summed E-state index contributed by atoms with van der Waals surface area (Å²) in [4.78, 5) is 34.9. The molecule has 236 valence electrons. The van der Waals surface area contributed by atoms with Crippen LogP contribution in [-0.2, 0) is 17.8 Å². The number of hydrogen-bond donors (Lipinski definition) is 0. The summed E-state index contributed by atoms with van der Waals surface area (Å²) in [5.74, 6) is 1.50. The van der Waals surface area contributed by atoms with Gasteiger partial charge in [-0.15, -0.1) is 0 Å². The summed E-state index contributed by atoms with van der Waals surface area (Å²) in [6, 6.07) is 12.7. The fourth-order valence-electron chi connectivity index (χ4n) is 6.76. The number of piperazine rings is 1. The zero-order valence-electron chi connectivity index (χ0n) is 26.3. The number of nitrogens with zero attached hydrogens (tertiary/aromatic N) is 7. The van der Waals surface area contributed by atoms with Gasteiger partial charge in [0, 0.05) is 55.4 Å². The number of likely N-dealkylation sites (N-methyl/N-ethyl adjacent to an activating group) is 1. The van der Waals surface area contributed by atoms with Crippen molar-refractivity contribution in [2.24, 2.45) is 5.92 Å². The maximum absolute atomic E-state index is 12.6. The second-order valence-electron chi connectivity index (χ2n) is 12.6. The molecule has 3 aliphatic rings. The molecular weight excluding hydrogens is 586 g/mol. The molecule has 2 atom stereocenters. The molecule has 2 aromatic carbocycles. The molecule has 2 fully saturated rings. The quantitative estimate of drug-likeness (QED) is 0.218. The van der Waals surface area contributed by atoms with E-state index in [1.807, 2.05) is 12.1 Å². The zero-order chi connectivity index (χ0) is 31.5. The van der Waals surface area contributed by atoms with Crippen LogP contribution >= 0.6 is 11.6 Å². The lowest BCUT2D eigenvalue weighted by Crippen LogP contribution is -2.56. The fourth-order valence-corrected chi connectivity index (χ4v) is 7.04. The summed E-state index contributed by atoms with van der Waals surface area (Å²) in [6.45, 7) is 18.2. The second-order valence-corrected chi connectivity index (χ2v) is 13.0. The fraction of sp³-hybridized carbons (Fsp3) is 0.486. The van der Waals surface area contributed by atoms with Crippen molar-refractivity contribution < 1.29 is 9.53 Å². The number of aromatic nitrogens is 2. The minimum atomic E-state index is -0.241. The van der Waals surface area contributed by atoms with Crippen molar-refractivity contribution in [2.75, 3.05) is 62.7 Å². The zero-order valence-corrected chi connectivity index (χ0v) is 27.0. The number of rotatable bonds is 10. The maximum Gasteiger partial charge on any atom is 0.318 e. The number of halogens is 1. The van der Waals surface area contributed by atoms with Crippen molar-refractivity contribution in [2.45, 2.75) is 51.2 Å². The summed E-state index contributed by atoms with van der Waals surface area (Å²) in [5, 5.41) is 2.89. The molecule has 1 aliphatic carbocycles. The first-order valence-electron chi connectivity index (χ1n) is 16.0. The molecule has 10 heteroatoms. The molecule has 9 nitrogen and oxygen atoms in total. The van der Waals surface area contributed by atoms with Crippen molar-refractivity contribution in [3.8, 4) is 6.01 Å². The van der Waals surface area contributed by atoms with E-state index < -0.39 is 0 Å². The van der Waals surface area contributed by atoms with E-state index in [2.05, 4.69) is 64.4 Å². The summed E-state index contributed by atoms with van der Waals surface area (Å²) < 4.78 is 6.34. The summed E-state index contributed by atoms with van der Waals surface area (Å²) in [5.41, 5.74) is 3.13. The van der Waals surface area contributed by atoms with Crippen molar-refractivity contribution >= 4 is 39.8 Å². The van der Waals surface area contributed by atoms with Gasteiger partial charge in [0.2, 0.25) is 12.5 Å². The molecule has 6 rings (SSSR count). The molecule has 1 saturated heterocycles. The Kier molecular flexibility index (Phi) is 9.43. The molecule has 2 aliphatic heterocycles. The monoisotopic (exact) mass is 627 g/mol. The third kappa shape index (κ3) is 6.58. The molecule has 0 unspecified atom stereocenters. The van der Waals surface area contributed by atoms with Crippen LogP contribution in [0.1, 0.15) is 37.4 Å². The van der Waals surface area contributed by atoms with Crippen LogP contribution in [0.2, 0.25) is 5.02 Å². The first kappa shape index (κ1) is 31.1. The minimum Gasteiger partial charge on any atom is -0.462 e. The minimum absolute atomic E-state index is 0.138.